The lowest BCUT2D eigenvalue weighted by Crippen LogP contribution is -2.60. The van der Waals surface area contributed by atoms with Gasteiger partial charge in [0, 0.05) is 24.2 Å². The largest absolute Gasteiger partial charge is 0.497 e. The Morgan fingerprint density at radius 2 is 1.20 bits per heavy atom. The van der Waals surface area contributed by atoms with Crippen LogP contribution in [0.25, 0.3) is 5.69 Å². The van der Waals surface area contributed by atoms with Gasteiger partial charge in [0.25, 0.3) is 0 Å². The third-order valence-electron chi connectivity index (χ3n) is 9.54. The van der Waals surface area contributed by atoms with Gasteiger partial charge in [0.2, 0.25) is 11.8 Å². The van der Waals surface area contributed by atoms with Crippen LogP contribution in [-0.4, -0.2) is 70.1 Å². The summed E-state index contributed by atoms with van der Waals surface area (Å²) in [7, 11) is 1.62. The molecule has 4 aliphatic rings. The van der Waals surface area contributed by atoms with Gasteiger partial charge in [0.1, 0.15) is 5.75 Å². The summed E-state index contributed by atoms with van der Waals surface area (Å²) < 4.78 is 19.0. The molecule has 276 valence electrons. The number of anilines is 2. The summed E-state index contributed by atoms with van der Waals surface area (Å²) in [5.41, 5.74) is 0.742. The number of amides is 2. The second-order valence-corrected chi connectivity index (χ2v) is 13.1. The summed E-state index contributed by atoms with van der Waals surface area (Å²) in [4.78, 5) is 52.8. The van der Waals surface area contributed by atoms with Gasteiger partial charge in [-0.1, -0.05) is 41.6 Å². The first-order valence-electron chi connectivity index (χ1n) is 17.6. The molecule has 2 aliphatic carbocycles. The van der Waals surface area contributed by atoms with Crippen molar-refractivity contribution in [3.05, 3.63) is 145 Å². The Balaban J connectivity index is 0.000000184. The van der Waals surface area contributed by atoms with Gasteiger partial charge in [-0.15, -0.1) is 17.4 Å². The van der Waals surface area contributed by atoms with Gasteiger partial charge in [-0.3, -0.25) is 29.0 Å². The van der Waals surface area contributed by atoms with Crippen molar-refractivity contribution >= 4 is 34.8 Å². The third-order valence-corrected chi connectivity index (χ3v) is 9.54. The highest BCUT2D eigenvalue weighted by molar-refractivity contribution is 6.04. The summed E-state index contributed by atoms with van der Waals surface area (Å²) in [5.74, 6) is 1.99. The van der Waals surface area contributed by atoms with Crippen LogP contribution in [0.5, 0.6) is 5.75 Å². The number of allylic oxidation sites excluding steroid dienone is 4. The summed E-state index contributed by atoms with van der Waals surface area (Å²) in [6.07, 6.45) is 20.1. The number of ether oxygens (including phenoxy) is 3. The molecule has 0 saturated carbocycles. The zero-order valence-electron chi connectivity index (χ0n) is 29.9. The Bertz CT molecular complexity index is 2200. The van der Waals surface area contributed by atoms with Crippen LogP contribution in [0.3, 0.4) is 0 Å². The lowest BCUT2D eigenvalue weighted by atomic mass is 9.94. The highest BCUT2D eigenvalue weighted by atomic mass is 16.5. The van der Waals surface area contributed by atoms with Gasteiger partial charge in [0.05, 0.1) is 49.7 Å². The van der Waals surface area contributed by atoms with Gasteiger partial charge in [0.15, 0.2) is 23.0 Å². The molecular weight excluding hydrogens is 699 g/mol. The molecule has 2 spiro atoms. The molecule has 12 nitrogen and oxygen atoms in total. The van der Waals surface area contributed by atoms with E-state index >= 15 is 0 Å². The van der Waals surface area contributed by atoms with Crippen LogP contribution >= 0.6 is 0 Å². The molecule has 2 atom stereocenters. The van der Waals surface area contributed by atoms with E-state index in [9.17, 15) is 19.2 Å². The number of carbonyl (C=O) groups excluding carboxylic acids is 4. The van der Waals surface area contributed by atoms with E-state index in [1.807, 2.05) is 91.1 Å². The first-order valence-corrected chi connectivity index (χ1v) is 17.6. The van der Waals surface area contributed by atoms with Crippen LogP contribution in [0.4, 0.5) is 11.4 Å². The highest BCUT2D eigenvalue weighted by Gasteiger charge is 2.47. The van der Waals surface area contributed by atoms with E-state index in [4.69, 9.17) is 20.6 Å². The first-order chi connectivity index (χ1) is 26.7. The number of para-hydroxylation sites is 2. The fourth-order valence-corrected chi connectivity index (χ4v) is 6.72. The minimum atomic E-state index is -1.12. The Morgan fingerprint density at radius 1 is 0.709 bits per heavy atom. The van der Waals surface area contributed by atoms with Crippen molar-refractivity contribution in [2.75, 3.05) is 30.1 Å². The Labute approximate surface area is 318 Å². The SMILES string of the molecule is C#CCC1COC2(C=CC(=O)C=C2)N(c2ccccc2)C1=O.COc1ccc(-n2cc(CC3COC4(C=CC(=O)C=C4)N(c4ccccc4)C3=O)nn2)cc1. The normalized spacial score (nSPS) is 20.7. The number of rotatable bonds is 7. The highest BCUT2D eigenvalue weighted by Crippen LogP contribution is 2.38. The molecule has 2 saturated heterocycles. The van der Waals surface area contributed by atoms with E-state index in [0.717, 1.165) is 11.4 Å². The monoisotopic (exact) mass is 735 g/mol. The summed E-state index contributed by atoms with van der Waals surface area (Å²) in [6, 6.07) is 26.0. The zero-order chi connectivity index (χ0) is 38.4. The number of ketones is 2. The molecule has 2 aliphatic heterocycles. The molecule has 3 heterocycles. The van der Waals surface area contributed by atoms with Crippen LogP contribution in [0.1, 0.15) is 12.1 Å². The van der Waals surface area contributed by atoms with E-state index in [2.05, 4.69) is 16.2 Å². The van der Waals surface area contributed by atoms with E-state index in [1.54, 1.807) is 45.9 Å². The predicted molar refractivity (Wildman–Crippen MR) is 204 cm³/mol. The molecule has 0 bridgehead atoms. The Morgan fingerprint density at radius 3 is 1.69 bits per heavy atom. The molecule has 4 aromatic rings. The molecular formula is C43H37N5O7. The number of hydrogen-bond acceptors (Lipinski definition) is 9. The van der Waals surface area contributed by atoms with Crippen molar-refractivity contribution in [3.63, 3.8) is 0 Å². The van der Waals surface area contributed by atoms with Crippen LogP contribution in [0, 0.1) is 24.2 Å². The van der Waals surface area contributed by atoms with E-state index in [-0.39, 0.29) is 42.5 Å². The van der Waals surface area contributed by atoms with Crippen LogP contribution < -0.4 is 14.5 Å². The van der Waals surface area contributed by atoms with Crippen molar-refractivity contribution in [1.29, 1.82) is 0 Å². The number of nitrogens with zero attached hydrogens (tertiary/aromatic N) is 5. The molecule has 8 rings (SSSR count). The molecule has 2 amide bonds. The van der Waals surface area contributed by atoms with Gasteiger partial charge in [-0.05, 0) is 97.1 Å². The fraction of sp³-hybridized carbons (Fsp3) is 0.209. The Hall–Kier alpha value is -6.68. The van der Waals surface area contributed by atoms with Gasteiger partial charge < -0.3 is 14.2 Å². The fourth-order valence-electron chi connectivity index (χ4n) is 6.72. The number of benzene rings is 3. The minimum absolute atomic E-state index is 0.0981. The molecule has 1 aromatic heterocycles. The lowest BCUT2D eigenvalue weighted by molar-refractivity contribution is -0.138. The quantitative estimate of drug-likeness (QED) is 0.242. The van der Waals surface area contributed by atoms with Crippen molar-refractivity contribution in [2.45, 2.75) is 24.3 Å². The van der Waals surface area contributed by atoms with Crippen LogP contribution in [-0.2, 0) is 35.1 Å². The molecule has 12 heteroatoms. The maximum Gasteiger partial charge on any atom is 0.236 e. The summed E-state index contributed by atoms with van der Waals surface area (Å²) >= 11 is 0. The average molecular weight is 736 g/mol. The van der Waals surface area contributed by atoms with Gasteiger partial charge in [-0.2, -0.15) is 0 Å². The van der Waals surface area contributed by atoms with Crippen LogP contribution in [0.2, 0.25) is 0 Å². The molecule has 0 radical (unpaired) electrons. The first kappa shape index (κ1) is 36.7. The third kappa shape index (κ3) is 7.57. The zero-order valence-corrected chi connectivity index (χ0v) is 29.9. The molecule has 0 N–H and O–H groups in total. The van der Waals surface area contributed by atoms with E-state index < -0.39 is 17.4 Å². The number of carbonyl (C=O) groups is 4. The van der Waals surface area contributed by atoms with Gasteiger partial charge in [-0.25, -0.2) is 4.68 Å². The molecule has 3 aromatic carbocycles. The van der Waals surface area contributed by atoms with E-state index in [0.29, 0.717) is 29.9 Å². The van der Waals surface area contributed by atoms with E-state index in [1.165, 1.54) is 24.3 Å². The van der Waals surface area contributed by atoms with Crippen molar-refractivity contribution in [2.24, 2.45) is 11.8 Å². The van der Waals surface area contributed by atoms with Gasteiger partial charge >= 0.3 is 0 Å². The number of hydrogen-bond donors (Lipinski definition) is 0. The maximum absolute atomic E-state index is 13.7. The van der Waals surface area contributed by atoms with Crippen molar-refractivity contribution in [1.82, 2.24) is 15.0 Å². The standard InChI is InChI=1S/C25H22N4O4.C18H15NO3/c1-32-23-9-7-20(8-10-23)28-16-19(26-27-28)15-18-17-33-25(13-11-22(30)12-14-25)29(24(18)31)21-5-3-2-4-6-21;1-2-6-14-13-22-18(11-9-16(20)10-12-18)19(17(14)21)15-7-4-3-5-8-15/h2-14,16,18H,15,17H2,1H3;1,3-5,7-12,14H,6,13H2. The lowest BCUT2D eigenvalue weighted by Gasteiger charge is -2.46. The minimum Gasteiger partial charge on any atom is -0.497 e. The van der Waals surface area contributed by atoms with Crippen LogP contribution in [0.15, 0.2) is 140 Å². The molecule has 2 fully saturated rings. The number of methoxy groups -OCH3 is 1. The average Bonchev–Trinajstić information content (AvgIpc) is 3.69. The topological polar surface area (TPSA) is 133 Å². The summed E-state index contributed by atoms with van der Waals surface area (Å²) in [5, 5.41) is 8.46. The van der Waals surface area contributed by atoms with Crippen molar-refractivity contribution < 1.29 is 33.4 Å². The number of terminal acetylenes is 1. The Kier molecular flexibility index (Phi) is 10.5. The maximum atomic E-state index is 13.7. The van der Waals surface area contributed by atoms with Crippen molar-refractivity contribution in [3.8, 4) is 23.8 Å². The smallest absolute Gasteiger partial charge is 0.236 e. The summed E-state index contributed by atoms with van der Waals surface area (Å²) in [6.45, 7) is 0.426. The second kappa shape index (κ2) is 15.7. The molecule has 2 unspecified atom stereocenters. The second-order valence-electron chi connectivity index (χ2n) is 13.1. The number of aromatic nitrogens is 3. The predicted octanol–water partition coefficient (Wildman–Crippen LogP) is 4.97. The molecule has 55 heavy (non-hydrogen) atoms.